The SMILES string of the molecule is O=C[C@@H]1CCCN1OC(=O)Nc1ncnc2c1ncn2[C@@H]1O[C@H](COP(=O)(O)n2ccnc2)C(O)[C@@H]1O. The maximum absolute atomic E-state index is 12.4. The number of amides is 1. The summed E-state index contributed by atoms with van der Waals surface area (Å²) in [5.74, 6) is 0.00469. The molecule has 0 saturated carbocycles. The quantitative estimate of drug-likeness (QED) is 0.209. The van der Waals surface area contributed by atoms with E-state index in [-0.39, 0.29) is 17.0 Å². The number of carbonyl (C=O) groups excluding carboxylic acids is 2. The van der Waals surface area contributed by atoms with Crippen LogP contribution in [0.5, 0.6) is 0 Å². The van der Waals surface area contributed by atoms with Crippen molar-refractivity contribution in [1.82, 2.24) is 33.9 Å². The first-order valence-corrected chi connectivity index (χ1v) is 12.7. The van der Waals surface area contributed by atoms with Crippen LogP contribution < -0.4 is 5.32 Å². The van der Waals surface area contributed by atoms with E-state index < -0.39 is 51.0 Å². The highest BCUT2D eigenvalue weighted by molar-refractivity contribution is 7.51. The van der Waals surface area contributed by atoms with Gasteiger partial charge < -0.3 is 29.5 Å². The first-order valence-electron chi connectivity index (χ1n) is 11.1. The molecule has 17 nitrogen and oxygen atoms in total. The van der Waals surface area contributed by atoms with Gasteiger partial charge in [0.25, 0.3) is 0 Å². The number of hydrogen-bond acceptors (Lipinski definition) is 13. The number of fused-ring (bicyclic) bond motifs is 1. The Bertz CT molecular complexity index is 1320. The van der Waals surface area contributed by atoms with Gasteiger partial charge >= 0.3 is 13.8 Å². The molecule has 0 spiro atoms. The molecule has 3 aromatic rings. The Morgan fingerprint density at radius 2 is 2.11 bits per heavy atom. The highest BCUT2D eigenvalue weighted by Crippen LogP contribution is 2.44. The maximum atomic E-state index is 12.4. The van der Waals surface area contributed by atoms with Crippen LogP contribution in [0.1, 0.15) is 19.1 Å². The van der Waals surface area contributed by atoms with E-state index in [1.807, 2.05) is 0 Å². The van der Waals surface area contributed by atoms with Crippen LogP contribution in [0, 0.1) is 0 Å². The number of anilines is 1. The highest BCUT2D eigenvalue weighted by atomic mass is 31.2. The fraction of sp³-hybridized carbons (Fsp3) is 0.474. The third-order valence-electron chi connectivity index (χ3n) is 5.99. The van der Waals surface area contributed by atoms with E-state index in [4.69, 9.17) is 14.1 Å². The molecular formula is C19H23N8O9P. The second-order valence-corrected chi connectivity index (χ2v) is 10.0. The van der Waals surface area contributed by atoms with E-state index in [0.717, 1.165) is 17.0 Å². The predicted molar refractivity (Wildman–Crippen MR) is 121 cm³/mol. The molecular weight excluding hydrogens is 515 g/mol. The molecule has 198 valence electrons. The summed E-state index contributed by atoms with van der Waals surface area (Å²) >= 11 is 0. The molecule has 6 atom stereocenters. The molecule has 2 aliphatic heterocycles. The van der Waals surface area contributed by atoms with Crippen molar-refractivity contribution in [2.24, 2.45) is 0 Å². The Labute approximate surface area is 208 Å². The van der Waals surface area contributed by atoms with Crippen LogP contribution in [0.2, 0.25) is 0 Å². The van der Waals surface area contributed by atoms with Crippen molar-refractivity contribution in [3.63, 3.8) is 0 Å². The second-order valence-electron chi connectivity index (χ2n) is 8.31. The smallest absolute Gasteiger partial charge is 0.387 e. The number of nitrogens with one attached hydrogen (secondary N) is 1. The van der Waals surface area contributed by atoms with Gasteiger partial charge in [0, 0.05) is 18.9 Å². The molecule has 2 unspecified atom stereocenters. The van der Waals surface area contributed by atoms with E-state index >= 15 is 0 Å². The maximum Gasteiger partial charge on any atom is 0.437 e. The third kappa shape index (κ3) is 4.97. The summed E-state index contributed by atoms with van der Waals surface area (Å²) in [4.78, 5) is 54.7. The molecule has 0 aromatic carbocycles. The summed E-state index contributed by atoms with van der Waals surface area (Å²) in [6, 6.07) is -0.514. The zero-order chi connectivity index (χ0) is 26.2. The van der Waals surface area contributed by atoms with Crippen LogP contribution in [-0.4, -0.2) is 98.9 Å². The van der Waals surface area contributed by atoms with Gasteiger partial charge in [-0.15, -0.1) is 5.06 Å². The molecule has 5 rings (SSSR count). The molecule has 4 N–H and O–H groups in total. The Balaban J connectivity index is 1.29. The highest BCUT2D eigenvalue weighted by Gasteiger charge is 2.45. The predicted octanol–water partition coefficient (Wildman–Crippen LogP) is -0.566. The normalized spacial score (nSPS) is 27.8. The van der Waals surface area contributed by atoms with E-state index in [1.54, 1.807) is 0 Å². The number of ether oxygens (including phenoxy) is 1. The number of aldehydes is 1. The average Bonchev–Trinajstić information content (AvgIpc) is 3.67. The minimum atomic E-state index is -4.29. The summed E-state index contributed by atoms with van der Waals surface area (Å²) < 4.78 is 25.3. The van der Waals surface area contributed by atoms with E-state index in [0.29, 0.717) is 25.7 Å². The second kappa shape index (κ2) is 10.2. The van der Waals surface area contributed by atoms with Crippen molar-refractivity contribution < 1.29 is 43.4 Å². The first-order chi connectivity index (χ1) is 17.8. The largest absolute Gasteiger partial charge is 0.437 e. The van der Waals surface area contributed by atoms with Crippen molar-refractivity contribution in [3.05, 3.63) is 31.4 Å². The van der Waals surface area contributed by atoms with Gasteiger partial charge in [-0.2, -0.15) is 0 Å². The standard InChI is InChI=1S/C19H23N8O9P/c28-6-11-2-1-4-27(11)36-19(31)24-16-13-17(22-8-21-16)26(10-23-13)18-15(30)14(29)12(35-18)7-34-37(32,33)25-5-3-20-9-25/h3,5-6,8-12,14-15,18,29-30H,1-2,4,7H2,(H,32,33)(H,21,22,24,31)/t11-,12+,14?,15-,18+/m0/s1. The molecule has 2 fully saturated rings. The Morgan fingerprint density at radius 1 is 1.27 bits per heavy atom. The molecule has 0 aliphatic carbocycles. The monoisotopic (exact) mass is 538 g/mol. The zero-order valence-electron chi connectivity index (χ0n) is 19.0. The number of carbonyl (C=O) groups is 2. The van der Waals surface area contributed by atoms with Gasteiger partial charge in [0.15, 0.2) is 23.2 Å². The number of hydrogen-bond donors (Lipinski definition) is 4. The van der Waals surface area contributed by atoms with Gasteiger partial charge in [-0.25, -0.2) is 33.6 Å². The number of nitrogens with zero attached hydrogens (tertiary/aromatic N) is 7. The van der Waals surface area contributed by atoms with Crippen molar-refractivity contribution in [1.29, 1.82) is 0 Å². The number of aliphatic hydroxyl groups excluding tert-OH is 2. The van der Waals surface area contributed by atoms with Crippen LogP contribution in [0.4, 0.5) is 10.6 Å². The van der Waals surface area contributed by atoms with Gasteiger partial charge in [-0.1, -0.05) is 0 Å². The van der Waals surface area contributed by atoms with Crippen LogP contribution in [0.15, 0.2) is 31.4 Å². The molecule has 5 heterocycles. The van der Waals surface area contributed by atoms with Gasteiger partial charge in [0.05, 0.1) is 12.9 Å². The molecule has 1 amide bonds. The van der Waals surface area contributed by atoms with Crippen LogP contribution in [-0.2, 0) is 23.5 Å². The van der Waals surface area contributed by atoms with E-state index in [1.165, 1.54) is 28.4 Å². The minimum Gasteiger partial charge on any atom is -0.387 e. The Hall–Kier alpha value is -3.31. The molecule has 2 saturated heterocycles. The van der Waals surface area contributed by atoms with E-state index in [2.05, 4.69) is 25.3 Å². The molecule has 37 heavy (non-hydrogen) atoms. The first kappa shape index (κ1) is 25.3. The number of aliphatic hydroxyl groups is 2. The topological polar surface area (TPSA) is 216 Å². The lowest BCUT2D eigenvalue weighted by Gasteiger charge is -2.19. The van der Waals surface area contributed by atoms with Crippen molar-refractivity contribution in [2.45, 2.75) is 43.4 Å². The number of imidazole rings is 2. The lowest BCUT2D eigenvalue weighted by Crippen LogP contribution is -2.35. The molecule has 0 bridgehead atoms. The fourth-order valence-corrected chi connectivity index (χ4v) is 5.00. The summed E-state index contributed by atoms with van der Waals surface area (Å²) in [5, 5.41) is 24.8. The summed E-state index contributed by atoms with van der Waals surface area (Å²) in [6.07, 6.45) is 1.90. The van der Waals surface area contributed by atoms with Crippen molar-refractivity contribution in [2.75, 3.05) is 18.5 Å². The number of hydroxylamine groups is 2. The van der Waals surface area contributed by atoms with Gasteiger partial charge in [-0.05, 0) is 12.8 Å². The van der Waals surface area contributed by atoms with Crippen LogP contribution in [0.25, 0.3) is 11.2 Å². The lowest BCUT2D eigenvalue weighted by atomic mass is 10.1. The number of rotatable bonds is 8. The number of aromatic nitrogens is 6. The summed E-state index contributed by atoms with van der Waals surface area (Å²) in [7, 11) is -4.29. The van der Waals surface area contributed by atoms with Crippen molar-refractivity contribution >= 4 is 37.1 Å². The average molecular weight is 538 g/mol. The molecule has 2 aliphatic rings. The third-order valence-corrected chi connectivity index (χ3v) is 7.29. The molecule has 3 aromatic heterocycles. The molecule has 18 heteroatoms. The van der Waals surface area contributed by atoms with Gasteiger partial charge in [0.2, 0.25) is 0 Å². The van der Waals surface area contributed by atoms with Crippen LogP contribution in [0.3, 0.4) is 0 Å². The minimum absolute atomic E-state index is 0.00469. The fourth-order valence-electron chi connectivity index (χ4n) is 4.11. The summed E-state index contributed by atoms with van der Waals surface area (Å²) in [5.41, 5.74) is 0.291. The van der Waals surface area contributed by atoms with E-state index in [9.17, 15) is 29.3 Å². The van der Waals surface area contributed by atoms with Gasteiger partial charge in [-0.3, -0.25) is 14.4 Å². The molecule has 0 radical (unpaired) electrons. The van der Waals surface area contributed by atoms with Crippen molar-refractivity contribution in [3.8, 4) is 0 Å². The lowest BCUT2D eigenvalue weighted by molar-refractivity contribution is -0.132. The zero-order valence-corrected chi connectivity index (χ0v) is 19.9. The Morgan fingerprint density at radius 3 is 2.86 bits per heavy atom. The Kier molecular flexibility index (Phi) is 7.00. The summed E-state index contributed by atoms with van der Waals surface area (Å²) in [6.45, 7) is -0.0952. The van der Waals surface area contributed by atoms with Gasteiger partial charge in [0.1, 0.15) is 43.3 Å². The van der Waals surface area contributed by atoms with Crippen LogP contribution >= 0.6 is 7.75 Å².